The van der Waals surface area contributed by atoms with Gasteiger partial charge < -0.3 is 10.2 Å². The van der Waals surface area contributed by atoms with E-state index in [0.29, 0.717) is 26.2 Å². The molecule has 124 valence electrons. The highest BCUT2D eigenvalue weighted by molar-refractivity contribution is 5.75. The summed E-state index contributed by atoms with van der Waals surface area (Å²) in [6.45, 7) is 8.44. The number of halogens is 3. The third-order valence-electron chi connectivity index (χ3n) is 3.42. The fourth-order valence-electron chi connectivity index (χ4n) is 2.49. The van der Waals surface area contributed by atoms with Crippen LogP contribution in [0.15, 0.2) is 0 Å². The molecule has 1 N–H and O–H groups in total. The average molecular weight is 309 g/mol. The average Bonchev–Trinajstić information content (AvgIpc) is 2.72. The van der Waals surface area contributed by atoms with Crippen LogP contribution in [0.2, 0.25) is 0 Å². The molecule has 1 aliphatic heterocycles. The third kappa shape index (κ3) is 7.02. The summed E-state index contributed by atoms with van der Waals surface area (Å²) in [6, 6.07) is -0.135. The second-order valence-corrected chi connectivity index (χ2v) is 6.72. The first-order valence-corrected chi connectivity index (χ1v) is 7.36. The summed E-state index contributed by atoms with van der Waals surface area (Å²) < 4.78 is 37.3. The highest BCUT2D eigenvalue weighted by atomic mass is 19.4. The van der Waals surface area contributed by atoms with Gasteiger partial charge in [-0.05, 0) is 39.7 Å². The van der Waals surface area contributed by atoms with Crippen molar-refractivity contribution < 1.29 is 18.0 Å². The quantitative estimate of drug-likeness (QED) is 0.866. The zero-order valence-electron chi connectivity index (χ0n) is 13.3. The number of amides is 2. The van der Waals surface area contributed by atoms with Gasteiger partial charge in [0.2, 0.25) is 0 Å². The van der Waals surface area contributed by atoms with Gasteiger partial charge in [-0.15, -0.1) is 0 Å². The van der Waals surface area contributed by atoms with Gasteiger partial charge >= 0.3 is 12.2 Å². The normalized spacial score (nSPS) is 20.2. The zero-order valence-corrected chi connectivity index (χ0v) is 13.3. The van der Waals surface area contributed by atoms with Crippen molar-refractivity contribution in [1.29, 1.82) is 0 Å². The fourth-order valence-corrected chi connectivity index (χ4v) is 2.49. The maximum atomic E-state index is 12.4. The Morgan fingerprint density at radius 3 is 2.43 bits per heavy atom. The van der Waals surface area contributed by atoms with E-state index in [2.05, 4.69) is 5.32 Å². The zero-order chi connectivity index (χ0) is 16.3. The Hall–Kier alpha value is -0.980. The summed E-state index contributed by atoms with van der Waals surface area (Å²) in [5.41, 5.74) is -0.305. The van der Waals surface area contributed by atoms with E-state index < -0.39 is 12.7 Å². The van der Waals surface area contributed by atoms with Crippen LogP contribution < -0.4 is 5.32 Å². The van der Waals surface area contributed by atoms with E-state index in [0.717, 1.165) is 6.42 Å². The molecule has 0 spiro atoms. The molecule has 0 aromatic rings. The lowest BCUT2D eigenvalue weighted by atomic mass is 10.1. The molecule has 1 fully saturated rings. The summed E-state index contributed by atoms with van der Waals surface area (Å²) in [4.78, 5) is 15.1. The Morgan fingerprint density at radius 1 is 1.33 bits per heavy atom. The predicted molar refractivity (Wildman–Crippen MR) is 76.1 cm³/mol. The molecule has 0 saturated carbocycles. The van der Waals surface area contributed by atoms with Gasteiger partial charge in [-0.25, -0.2) is 4.79 Å². The smallest absolute Gasteiger partial charge is 0.333 e. The maximum Gasteiger partial charge on any atom is 0.401 e. The molecule has 4 nitrogen and oxygen atoms in total. The highest BCUT2D eigenvalue weighted by Crippen LogP contribution is 2.21. The van der Waals surface area contributed by atoms with E-state index in [1.807, 2.05) is 20.8 Å². The maximum absolute atomic E-state index is 12.4. The van der Waals surface area contributed by atoms with Crippen molar-refractivity contribution in [3.63, 3.8) is 0 Å². The van der Waals surface area contributed by atoms with E-state index >= 15 is 0 Å². The van der Waals surface area contributed by atoms with Crippen LogP contribution in [0.1, 0.15) is 34.1 Å². The molecule has 2 amide bonds. The molecule has 0 aliphatic carbocycles. The Labute approximate surface area is 124 Å². The molecular formula is C14H26F3N3O. The van der Waals surface area contributed by atoms with Gasteiger partial charge in [0.05, 0.1) is 6.54 Å². The second kappa shape index (κ2) is 6.85. The number of carbonyl (C=O) groups is 1. The van der Waals surface area contributed by atoms with Crippen LogP contribution in [0.25, 0.3) is 0 Å². The van der Waals surface area contributed by atoms with Crippen LogP contribution in [0.3, 0.4) is 0 Å². The minimum absolute atomic E-state index is 0.109. The molecule has 0 aromatic heterocycles. The molecular weight excluding hydrogens is 283 g/mol. The first kappa shape index (κ1) is 18.1. The van der Waals surface area contributed by atoms with Crippen LogP contribution >= 0.6 is 0 Å². The minimum Gasteiger partial charge on any atom is -0.333 e. The van der Waals surface area contributed by atoms with E-state index in [9.17, 15) is 18.0 Å². The van der Waals surface area contributed by atoms with E-state index in [1.165, 1.54) is 4.90 Å². The summed E-state index contributed by atoms with van der Waals surface area (Å²) in [6.07, 6.45) is -3.41. The Morgan fingerprint density at radius 2 is 1.95 bits per heavy atom. The summed E-state index contributed by atoms with van der Waals surface area (Å²) in [7, 11) is 0. The van der Waals surface area contributed by atoms with Crippen LogP contribution in [-0.2, 0) is 0 Å². The largest absolute Gasteiger partial charge is 0.401 e. The molecule has 1 heterocycles. The fraction of sp³-hybridized carbons (Fsp3) is 0.929. The molecule has 1 saturated heterocycles. The van der Waals surface area contributed by atoms with Gasteiger partial charge in [-0.3, -0.25) is 4.90 Å². The number of urea groups is 1. The molecule has 1 unspecified atom stereocenters. The van der Waals surface area contributed by atoms with Crippen molar-refractivity contribution in [2.45, 2.75) is 45.8 Å². The van der Waals surface area contributed by atoms with Gasteiger partial charge in [-0.1, -0.05) is 6.92 Å². The Kier molecular flexibility index (Phi) is 5.90. The number of hydrogen-bond acceptors (Lipinski definition) is 2. The number of nitrogens with zero attached hydrogens (tertiary/aromatic N) is 2. The summed E-state index contributed by atoms with van der Waals surface area (Å²) >= 11 is 0. The number of alkyl halides is 3. The first-order valence-electron chi connectivity index (χ1n) is 7.36. The number of carbonyl (C=O) groups excluding carboxylic acids is 1. The van der Waals surface area contributed by atoms with Crippen molar-refractivity contribution in [3.8, 4) is 0 Å². The molecule has 0 bridgehead atoms. The molecule has 21 heavy (non-hydrogen) atoms. The monoisotopic (exact) mass is 309 g/mol. The van der Waals surface area contributed by atoms with Crippen LogP contribution in [-0.4, -0.2) is 60.3 Å². The van der Waals surface area contributed by atoms with E-state index in [4.69, 9.17) is 0 Å². The topological polar surface area (TPSA) is 35.6 Å². The lowest BCUT2D eigenvalue weighted by Crippen LogP contribution is -2.48. The molecule has 1 aliphatic rings. The van der Waals surface area contributed by atoms with Crippen molar-refractivity contribution in [1.82, 2.24) is 15.1 Å². The standard InChI is InChI=1S/C14H26F3N3O/c1-5-19(10-14(15,16)17)8-11-6-7-20(9-11)12(21)18-13(2,3)4/h11H,5-10H2,1-4H3,(H,18,21). The van der Waals surface area contributed by atoms with Gasteiger partial charge in [0.25, 0.3) is 0 Å². The van der Waals surface area contributed by atoms with Gasteiger partial charge in [0, 0.05) is 25.2 Å². The minimum atomic E-state index is -4.17. The lowest BCUT2D eigenvalue weighted by Gasteiger charge is -2.27. The predicted octanol–water partition coefficient (Wildman–Crippen LogP) is 2.70. The van der Waals surface area contributed by atoms with Crippen LogP contribution in [0.5, 0.6) is 0 Å². The van der Waals surface area contributed by atoms with E-state index in [1.54, 1.807) is 11.8 Å². The first-order chi connectivity index (χ1) is 9.50. The number of likely N-dealkylation sites (tertiary alicyclic amines) is 1. The number of nitrogens with one attached hydrogen (secondary N) is 1. The van der Waals surface area contributed by atoms with Crippen molar-refractivity contribution in [3.05, 3.63) is 0 Å². The van der Waals surface area contributed by atoms with Crippen LogP contribution in [0.4, 0.5) is 18.0 Å². The van der Waals surface area contributed by atoms with Crippen molar-refractivity contribution >= 4 is 6.03 Å². The van der Waals surface area contributed by atoms with E-state index in [-0.39, 0.29) is 17.5 Å². The summed E-state index contributed by atoms with van der Waals surface area (Å²) in [5, 5.41) is 2.88. The van der Waals surface area contributed by atoms with Gasteiger partial charge in [-0.2, -0.15) is 13.2 Å². The second-order valence-electron chi connectivity index (χ2n) is 6.72. The highest BCUT2D eigenvalue weighted by Gasteiger charge is 2.33. The molecule has 0 aromatic carbocycles. The molecule has 0 radical (unpaired) electrons. The molecule has 7 heteroatoms. The van der Waals surface area contributed by atoms with Gasteiger partial charge in [0.1, 0.15) is 0 Å². The number of rotatable bonds is 4. The van der Waals surface area contributed by atoms with Crippen molar-refractivity contribution in [2.24, 2.45) is 5.92 Å². The Balaban J connectivity index is 2.45. The Bertz CT molecular complexity index is 352. The third-order valence-corrected chi connectivity index (χ3v) is 3.42. The molecule has 1 rings (SSSR count). The van der Waals surface area contributed by atoms with Gasteiger partial charge in [0.15, 0.2) is 0 Å². The number of hydrogen-bond donors (Lipinski definition) is 1. The van der Waals surface area contributed by atoms with Crippen LogP contribution in [0, 0.1) is 5.92 Å². The molecule has 1 atom stereocenters. The van der Waals surface area contributed by atoms with Crippen molar-refractivity contribution in [2.75, 3.05) is 32.7 Å². The lowest BCUT2D eigenvalue weighted by molar-refractivity contribution is -0.146. The summed E-state index contributed by atoms with van der Waals surface area (Å²) in [5.74, 6) is 0.109. The SMILES string of the molecule is CCN(CC1CCN(C(=O)NC(C)(C)C)C1)CC(F)(F)F.